The monoisotopic (exact) mass is 540 g/mol. The highest BCUT2D eigenvalue weighted by Gasteiger charge is 2.36. The highest BCUT2D eigenvalue weighted by atomic mass is 19.4. The van der Waals surface area contributed by atoms with Crippen LogP contribution in [-0.4, -0.2) is 54.9 Å². The largest absolute Gasteiger partial charge is 0.418 e. The summed E-state index contributed by atoms with van der Waals surface area (Å²) in [7, 11) is 1.87. The summed E-state index contributed by atoms with van der Waals surface area (Å²) in [6.45, 7) is 5.35. The zero-order valence-corrected chi connectivity index (χ0v) is 21.9. The van der Waals surface area contributed by atoms with E-state index in [1.807, 2.05) is 29.8 Å². The van der Waals surface area contributed by atoms with E-state index in [4.69, 9.17) is 4.74 Å². The van der Waals surface area contributed by atoms with Crippen LogP contribution in [0.1, 0.15) is 48.2 Å². The second-order valence-corrected chi connectivity index (χ2v) is 10.9. The molecule has 3 aromatic heterocycles. The molecule has 11 heteroatoms. The fourth-order valence-corrected chi connectivity index (χ4v) is 5.95. The van der Waals surface area contributed by atoms with Crippen LogP contribution in [0.3, 0.4) is 0 Å². The highest BCUT2D eigenvalue weighted by Crippen LogP contribution is 2.36. The van der Waals surface area contributed by atoms with Crippen molar-refractivity contribution in [3.8, 4) is 5.69 Å². The van der Waals surface area contributed by atoms with Gasteiger partial charge in [0.2, 0.25) is 0 Å². The molecule has 0 spiro atoms. The van der Waals surface area contributed by atoms with Crippen molar-refractivity contribution in [2.75, 3.05) is 26.3 Å². The standard InChI is InChI=1S/C28H31F3N6O2/c1-18-5-4-8-35(11-18)12-19-9-23(28(29,30)31)24-14-36(27(38)37(24)13-19)22-7-3-6-20(10-22)25(21-15-39-16-21)26-33-32-17-34(26)2/h3,6-7,9-10,13-14,17-18,21,25H,4-5,8,11-12,15-16H2,1-2H3/t18-,25+/m0/s1. The van der Waals surface area contributed by atoms with Crippen LogP contribution < -0.4 is 5.69 Å². The van der Waals surface area contributed by atoms with Crippen molar-refractivity contribution < 1.29 is 17.9 Å². The predicted octanol–water partition coefficient (Wildman–Crippen LogP) is 4.25. The number of pyridine rings is 1. The molecule has 8 nitrogen and oxygen atoms in total. The van der Waals surface area contributed by atoms with Gasteiger partial charge in [-0.2, -0.15) is 13.2 Å². The summed E-state index contributed by atoms with van der Waals surface area (Å²) in [5.41, 5.74) is 0.364. The molecule has 0 N–H and O–H groups in total. The number of rotatable bonds is 6. The topological polar surface area (TPSA) is 69.6 Å². The lowest BCUT2D eigenvalue weighted by atomic mass is 9.84. The maximum Gasteiger partial charge on any atom is 0.418 e. The van der Waals surface area contributed by atoms with Gasteiger partial charge < -0.3 is 9.30 Å². The van der Waals surface area contributed by atoms with Crippen molar-refractivity contribution in [2.24, 2.45) is 18.9 Å². The van der Waals surface area contributed by atoms with Crippen LogP contribution in [0, 0.1) is 11.8 Å². The zero-order valence-electron chi connectivity index (χ0n) is 21.9. The van der Waals surface area contributed by atoms with Gasteiger partial charge in [-0.25, -0.2) is 4.79 Å². The first-order valence-corrected chi connectivity index (χ1v) is 13.3. The van der Waals surface area contributed by atoms with E-state index in [0.717, 1.165) is 41.7 Å². The lowest BCUT2D eigenvalue weighted by molar-refractivity contribution is -0.136. The fraction of sp³-hybridized carbons (Fsp3) is 0.464. The van der Waals surface area contributed by atoms with Crippen LogP contribution in [0.4, 0.5) is 13.2 Å². The van der Waals surface area contributed by atoms with Crippen LogP contribution in [0.15, 0.2) is 53.8 Å². The number of nitrogens with zero attached hydrogens (tertiary/aromatic N) is 6. The Labute approximate surface area is 223 Å². The van der Waals surface area contributed by atoms with Gasteiger partial charge in [0.1, 0.15) is 12.2 Å². The Morgan fingerprint density at radius 1 is 1.18 bits per heavy atom. The summed E-state index contributed by atoms with van der Waals surface area (Å²) in [6, 6.07) is 8.53. The van der Waals surface area contributed by atoms with Gasteiger partial charge in [0.05, 0.1) is 35.9 Å². The van der Waals surface area contributed by atoms with E-state index in [2.05, 4.69) is 22.0 Å². The number of ether oxygens (including phenoxy) is 1. The molecule has 0 bridgehead atoms. The minimum atomic E-state index is -4.60. The fourth-order valence-electron chi connectivity index (χ4n) is 5.95. The van der Waals surface area contributed by atoms with Crippen LogP contribution in [-0.2, 0) is 24.5 Å². The maximum atomic E-state index is 14.2. The second kappa shape index (κ2) is 9.95. The number of aryl methyl sites for hydroxylation is 1. The van der Waals surface area contributed by atoms with E-state index in [9.17, 15) is 18.0 Å². The van der Waals surface area contributed by atoms with Gasteiger partial charge in [-0.15, -0.1) is 10.2 Å². The highest BCUT2D eigenvalue weighted by molar-refractivity contribution is 5.58. The Morgan fingerprint density at radius 3 is 2.67 bits per heavy atom. The third-order valence-electron chi connectivity index (χ3n) is 7.94. The average molecular weight is 541 g/mol. The van der Waals surface area contributed by atoms with E-state index in [1.54, 1.807) is 18.6 Å². The summed E-state index contributed by atoms with van der Waals surface area (Å²) >= 11 is 0. The Morgan fingerprint density at radius 2 is 2.00 bits per heavy atom. The molecule has 2 saturated heterocycles. The number of imidazole rings is 1. The van der Waals surface area contributed by atoms with E-state index in [0.29, 0.717) is 36.9 Å². The SMILES string of the molecule is C[C@H]1CCCN(Cc2cc(C(F)(F)F)c3cn(-c4cccc([C@@H](c5nncn5C)C5COC5)c4)c(=O)n3c2)C1. The molecule has 2 atom stereocenters. The number of halogens is 3. The van der Waals surface area contributed by atoms with Crippen molar-refractivity contribution in [1.82, 2.24) is 28.6 Å². The normalized spacial score (nSPS) is 19.9. The van der Waals surface area contributed by atoms with Crippen molar-refractivity contribution in [3.05, 3.63) is 82.1 Å². The molecular weight excluding hydrogens is 509 g/mol. The van der Waals surface area contributed by atoms with Gasteiger partial charge in [0.25, 0.3) is 0 Å². The van der Waals surface area contributed by atoms with Crippen molar-refractivity contribution in [2.45, 2.75) is 38.4 Å². The lowest BCUT2D eigenvalue weighted by Crippen LogP contribution is -2.35. The quantitative estimate of drug-likeness (QED) is 0.366. The van der Waals surface area contributed by atoms with Crippen molar-refractivity contribution in [1.29, 1.82) is 0 Å². The first-order chi connectivity index (χ1) is 18.7. The predicted molar refractivity (Wildman–Crippen MR) is 139 cm³/mol. The molecule has 0 saturated carbocycles. The van der Waals surface area contributed by atoms with E-state index in [1.165, 1.54) is 16.8 Å². The summed E-state index contributed by atoms with van der Waals surface area (Å²) in [5.74, 6) is 1.33. The van der Waals surface area contributed by atoms with Gasteiger partial charge in [-0.1, -0.05) is 19.1 Å². The molecule has 5 heterocycles. The smallest absolute Gasteiger partial charge is 0.381 e. The Hall–Kier alpha value is -3.44. The second-order valence-electron chi connectivity index (χ2n) is 10.9. The Kier molecular flexibility index (Phi) is 6.58. The van der Waals surface area contributed by atoms with Gasteiger partial charge in [-0.05, 0) is 54.6 Å². The van der Waals surface area contributed by atoms with Crippen LogP contribution in [0.5, 0.6) is 0 Å². The molecule has 2 aliphatic heterocycles. The molecule has 39 heavy (non-hydrogen) atoms. The van der Waals surface area contributed by atoms with Gasteiger partial charge in [0.15, 0.2) is 0 Å². The number of aromatic nitrogens is 5. The van der Waals surface area contributed by atoms with Gasteiger partial charge in [0, 0.05) is 38.4 Å². The number of likely N-dealkylation sites (tertiary alicyclic amines) is 1. The number of hydrogen-bond acceptors (Lipinski definition) is 5. The molecule has 4 aromatic rings. The number of alkyl halides is 3. The molecular formula is C28H31F3N6O2. The number of benzene rings is 1. The maximum absolute atomic E-state index is 14.2. The van der Waals surface area contributed by atoms with E-state index in [-0.39, 0.29) is 17.4 Å². The van der Waals surface area contributed by atoms with Gasteiger partial charge in [-0.3, -0.25) is 13.9 Å². The van der Waals surface area contributed by atoms with E-state index < -0.39 is 17.4 Å². The number of piperidine rings is 1. The molecule has 206 valence electrons. The number of fused-ring (bicyclic) bond motifs is 1. The van der Waals surface area contributed by atoms with Crippen LogP contribution in [0.2, 0.25) is 0 Å². The Balaban J connectivity index is 1.42. The summed E-state index contributed by atoms with van der Waals surface area (Å²) < 4.78 is 52.4. The minimum Gasteiger partial charge on any atom is -0.381 e. The van der Waals surface area contributed by atoms with E-state index >= 15 is 0 Å². The molecule has 1 aromatic carbocycles. The van der Waals surface area contributed by atoms with Crippen LogP contribution >= 0.6 is 0 Å². The molecule has 6 rings (SSSR count). The Bertz CT molecular complexity index is 1550. The third kappa shape index (κ3) is 4.89. The first-order valence-electron chi connectivity index (χ1n) is 13.3. The first kappa shape index (κ1) is 25.8. The average Bonchev–Trinajstić information content (AvgIpc) is 3.43. The number of hydrogen-bond donors (Lipinski definition) is 0. The molecule has 0 unspecified atom stereocenters. The summed E-state index contributed by atoms with van der Waals surface area (Å²) in [4.78, 5) is 15.7. The van der Waals surface area contributed by atoms with Crippen molar-refractivity contribution in [3.63, 3.8) is 0 Å². The third-order valence-corrected chi connectivity index (χ3v) is 7.94. The molecule has 0 radical (unpaired) electrons. The van der Waals surface area contributed by atoms with Crippen LogP contribution in [0.25, 0.3) is 11.2 Å². The lowest BCUT2D eigenvalue weighted by Gasteiger charge is -2.33. The summed E-state index contributed by atoms with van der Waals surface area (Å²) in [5, 5.41) is 8.33. The summed E-state index contributed by atoms with van der Waals surface area (Å²) in [6.07, 6.45) is 2.02. The molecule has 2 aliphatic rings. The molecule has 0 amide bonds. The minimum absolute atomic E-state index is 0.122. The molecule has 2 fully saturated rings. The zero-order chi connectivity index (χ0) is 27.3. The molecule has 0 aliphatic carbocycles. The van der Waals surface area contributed by atoms with Crippen molar-refractivity contribution >= 4 is 5.52 Å². The van der Waals surface area contributed by atoms with Gasteiger partial charge >= 0.3 is 11.9 Å².